The molecule has 1 N–H and O–H groups in total. The Bertz CT molecular complexity index is 841. The van der Waals surface area contributed by atoms with E-state index in [0.29, 0.717) is 10.7 Å². The first-order chi connectivity index (χ1) is 11.8. The minimum Gasteiger partial charge on any atom is -0.326 e. The van der Waals surface area contributed by atoms with E-state index in [1.165, 1.54) is 4.31 Å². The summed E-state index contributed by atoms with van der Waals surface area (Å²) >= 11 is 5.93. The third kappa shape index (κ3) is 6.12. The Morgan fingerprint density at radius 1 is 1.24 bits per heavy atom. The summed E-state index contributed by atoms with van der Waals surface area (Å²) in [6, 6.07) is 8.71. The Balaban J connectivity index is 2.00. The summed E-state index contributed by atoms with van der Waals surface area (Å²) in [5.74, 6) is -0.270. The largest absolute Gasteiger partial charge is 0.326 e. The number of aromatic nitrogens is 1. The van der Waals surface area contributed by atoms with Crippen molar-refractivity contribution < 1.29 is 13.2 Å². The molecular formula is C17H20ClN3O3S. The number of aryl methyl sites for hydroxylation is 1. The average Bonchev–Trinajstić information content (AvgIpc) is 2.55. The number of hydrogen-bond acceptors (Lipinski definition) is 4. The fourth-order valence-corrected chi connectivity index (χ4v) is 3.20. The molecule has 0 unspecified atom stereocenters. The maximum absolute atomic E-state index is 12.2. The highest BCUT2D eigenvalue weighted by Crippen LogP contribution is 2.20. The molecule has 0 saturated carbocycles. The highest BCUT2D eigenvalue weighted by Gasteiger charge is 2.18. The van der Waals surface area contributed by atoms with E-state index in [9.17, 15) is 13.2 Å². The van der Waals surface area contributed by atoms with Gasteiger partial charge in [-0.15, -0.1) is 0 Å². The van der Waals surface area contributed by atoms with Crippen LogP contribution in [0.4, 0.5) is 5.69 Å². The van der Waals surface area contributed by atoms with Crippen LogP contribution >= 0.6 is 11.6 Å². The van der Waals surface area contributed by atoms with Crippen molar-refractivity contribution in [2.24, 2.45) is 0 Å². The van der Waals surface area contributed by atoms with E-state index in [-0.39, 0.29) is 25.4 Å². The maximum atomic E-state index is 12.2. The summed E-state index contributed by atoms with van der Waals surface area (Å²) in [4.78, 5) is 16.1. The number of pyridine rings is 1. The molecule has 0 aliphatic carbocycles. The van der Waals surface area contributed by atoms with Crippen LogP contribution in [0.25, 0.3) is 0 Å². The van der Waals surface area contributed by atoms with Gasteiger partial charge < -0.3 is 5.32 Å². The van der Waals surface area contributed by atoms with Crippen LogP contribution in [0.1, 0.15) is 17.5 Å². The van der Waals surface area contributed by atoms with Crippen molar-refractivity contribution in [2.75, 3.05) is 18.1 Å². The summed E-state index contributed by atoms with van der Waals surface area (Å²) < 4.78 is 25.2. The third-order valence-electron chi connectivity index (χ3n) is 3.64. The van der Waals surface area contributed by atoms with Gasteiger partial charge in [-0.1, -0.05) is 17.7 Å². The van der Waals surface area contributed by atoms with Crippen LogP contribution in [-0.4, -0.2) is 36.4 Å². The lowest BCUT2D eigenvalue weighted by atomic mass is 10.2. The normalized spacial score (nSPS) is 11.5. The van der Waals surface area contributed by atoms with Crippen LogP contribution in [0.2, 0.25) is 5.02 Å². The van der Waals surface area contributed by atoms with Crippen molar-refractivity contribution in [3.8, 4) is 0 Å². The molecule has 0 radical (unpaired) electrons. The van der Waals surface area contributed by atoms with E-state index in [2.05, 4.69) is 10.3 Å². The van der Waals surface area contributed by atoms with Gasteiger partial charge in [-0.3, -0.25) is 9.78 Å². The first kappa shape index (κ1) is 19.4. The molecule has 2 rings (SSSR count). The second-order valence-corrected chi connectivity index (χ2v) is 8.13. The lowest BCUT2D eigenvalue weighted by Gasteiger charge is -2.20. The molecule has 1 amide bonds. The third-order valence-corrected chi connectivity index (χ3v) is 5.12. The molecule has 1 aromatic carbocycles. The number of rotatable bonds is 7. The fraction of sp³-hybridized carbons (Fsp3) is 0.294. The van der Waals surface area contributed by atoms with E-state index in [1.807, 2.05) is 13.0 Å². The summed E-state index contributed by atoms with van der Waals surface area (Å²) in [6.07, 6.45) is 4.38. The molecule has 8 heteroatoms. The maximum Gasteiger partial charge on any atom is 0.225 e. The summed E-state index contributed by atoms with van der Waals surface area (Å²) in [5, 5.41) is 3.29. The smallest absolute Gasteiger partial charge is 0.225 e. The van der Waals surface area contributed by atoms with E-state index >= 15 is 0 Å². The van der Waals surface area contributed by atoms with Crippen LogP contribution in [0.5, 0.6) is 0 Å². The number of anilines is 1. The predicted molar refractivity (Wildman–Crippen MR) is 98.9 cm³/mol. The summed E-state index contributed by atoms with van der Waals surface area (Å²) in [7, 11) is -3.43. The number of sulfonamides is 1. The molecule has 0 atom stereocenters. The molecule has 6 nitrogen and oxygen atoms in total. The van der Waals surface area contributed by atoms with Crippen molar-refractivity contribution in [3.63, 3.8) is 0 Å². The van der Waals surface area contributed by atoms with Gasteiger partial charge in [-0.2, -0.15) is 4.31 Å². The summed E-state index contributed by atoms with van der Waals surface area (Å²) in [5.41, 5.74) is 2.32. The van der Waals surface area contributed by atoms with Gasteiger partial charge >= 0.3 is 0 Å². The monoisotopic (exact) mass is 381 g/mol. The number of hydrogen-bond donors (Lipinski definition) is 1. The minimum atomic E-state index is -3.43. The van der Waals surface area contributed by atoms with Crippen molar-refractivity contribution in [1.82, 2.24) is 9.29 Å². The lowest BCUT2D eigenvalue weighted by Crippen LogP contribution is -2.32. The number of carbonyl (C=O) groups excluding carboxylic acids is 1. The zero-order chi connectivity index (χ0) is 18.4. The molecule has 134 valence electrons. The van der Waals surface area contributed by atoms with Crippen LogP contribution in [-0.2, 0) is 21.4 Å². The number of nitrogens with one attached hydrogen (secondary N) is 1. The van der Waals surface area contributed by atoms with Crippen molar-refractivity contribution in [3.05, 3.63) is 58.9 Å². The number of halogens is 1. The van der Waals surface area contributed by atoms with E-state index < -0.39 is 10.0 Å². The molecule has 0 saturated heterocycles. The second kappa shape index (κ2) is 8.42. The fourth-order valence-electron chi connectivity index (χ4n) is 2.22. The zero-order valence-electron chi connectivity index (χ0n) is 14.1. The number of nitrogens with zero attached hydrogens (tertiary/aromatic N) is 2. The molecule has 2 aromatic rings. The molecule has 0 spiro atoms. The first-order valence-corrected chi connectivity index (χ1v) is 9.88. The van der Waals surface area contributed by atoms with Crippen molar-refractivity contribution >= 4 is 33.2 Å². The quantitative estimate of drug-likeness (QED) is 0.799. The first-order valence-electron chi connectivity index (χ1n) is 7.66. The highest BCUT2D eigenvalue weighted by atomic mass is 35.5. The highest BCUT2D eigenvalue weighted by molar-refractivity contribution is 7.88. The molecular weight excluding hydrogens is 362 g/mol. The second-order valence-electron chi connectivity index (χ2n) is 5.71. The van der Waals surface area contributed by atoms with Crippen LogP contribution in [0.3, 0.4) is 0 Å². The van der Waals surface area contributed by atoms with E-state index in [4.69, 9.17) is 11.6 Å². The molecule has 1 heterocycles. The Kier molecular flexibility index (Phi) is 6.52. The summed E-state index contributed by atoms with van der Waals surface area (Å²) in [6.45, 7) is 2.15. The van der Waals surface area contributed by atoms with Crippen LogP contribution < -0.4 is 5.32 Å². The minimum absolute atomic E-state index is 0.0457. The number of amides is 1. The van der Waals surface area contributed by atoms with E-state index in [0.717, 1.165) is 17.4 Å². The number of benzene rings is 1. The number of carbonyl (C=O) groups is 1. The van der Waals surface area contributed by atoms with Gasteiger partial charge in [0.2, 0.25) is 15.9 Å². The van der Waals surface area contributed by atoms with Gasteiger partial charge in [-0.25, -0.2) is 8.42 Å². The Morgan fingerprint density at radius 2 is 1.92 bits per heavy atom. The van der Waals surface area contributed by atoms with Gasteiger partial charge in [0, 0.05) is 42.6 Å². The van der Waals surface area contributed by atoms with Crippen LogP contribution in [0, 0.1) is 6.92 Å². The Labute approximate surface area is 152 Å². The van der Waals surface area contributed by atoms with Gasteiger partial charge in [0.1, 0.15) is 0 Å². The topological polar surface area (TPSA) is 79.4 Å². The molecule has 0 aliphatic rings. The molecule has 25 heavy (non-hydrogen) atoms. The molecule has 0 aliphatic heterocycles. The van der Waals surface area contributed by atoms with Gasteiger partial charge in [-0.05, 0) is 42.3 Å². The Hall–Kier alpha value is -1.96. The van der Waals surface area contributed by atoms with Gasteiger partial charge in [0.05, 0.1) is 6.26 Å². The van der Waals surface area contributed by atoms with Crippen LogP contribution in [0.15, 0.2) is 42.7 Å². The Morgan fingerprint density at radius 3 is 2.56 bits per heavy atom. The standard InChI is InChI=1S/C17H20ClN3O3S/c1-13-3-4-15(18)11-16(13)20-17(22)7-10-21(25(2,23)24)12-14-5-8-19-9-6-14/h3-6,8-9,11H,7,10,12H2,1-2H3,(H,20,22). The van der Waals surface area contributed by atoms with E-state index in [1.54, 1.807) is 36.7 Å². The lowest BCUT2D eigenvalue weighted by molar-refractivity contribution is -0.116. The van der Waals surface area contributed by atoms with Gasteiger partial charge in [0.15, 0.2) is 0 Å². The zero-order valence-corrected chi connectivity index (χ0v) is 15.6. The average molecular weight is 382 g/mol. The van der Waals surface area contributed by atoms with Crippen molar-refractivity contribution in [2.45, 2.75) is 19.9 Å². The molecule has 0 bridgehead atoms. The van der Waals surface area contributed by atoms with Crippen molar-refractivity contribution in [1.29, 1.82) is 0 Å². The predicted octanol–water partition coefficient (Wildman–Crippen LogP) is 2.83. The molecule has 1 aromatic heterocycles. The molecule has 0 fully saturated rings. The van der Waals surface area contributed by atoms with Gasteiger partial charge in [0.25, 0.3) is 0 Å². The SMILES string of the molecule is Cc1ccc(Cl)cc1NC(=O)CCN(Cc1ccncc1)S(C)(=O)=O.